The van der Waals surface area contributed by atoms with E-state index in [0.29, 0.717) is 16.8 Å². The lowest BCUT2D eigenvalue weighted by Crippen LogP contribution is -2.17. The molecule has 7 heteroatoms. The van der Waals surface area contributed by atoms with Crippen molar-refractivity contribution in [2.75, 3.05) is 10.5 Å². The minimum atomic E-state index is -3.82. The van der Waals surface area contributed by atoms with E-state index in [1.54, 1.807) is 26.8 Å². The van der Waals surface area contributed by atoms with Crippen LogP contribution in [0.3, 0.4) is 0 Å². The molecule has 0 atom stereocenters. The number of aromatic nitrogens is 1. The van der Waals surface area contributed by atoms with Gasteiger partial charge in [0.05, 0.1) is 16.8 Å². The van der Waals surface area contributed by atoms with Crippen molar-refractivity contribution in [2.45, 2.75) is 25.7 Å². The topological polar surface area (TPSA) is 85.1 Å². The standard InChI is InChI=1S/C14H16FN3O2S/c1-8-6-12(16)10(3)14(9(8)2)21(19,20)18-11-4-5-13(15)17-7-11/h4-7,18H,16H2,1-3H3. The number of aryl methyl sites for hydroxylation is 1. The average Bonchev–Trinajstić information content (AvgIpc) is 2.39. The molecule has 0 unspecified atom stereocenters. The third kappa shape index (κ3) is 2.97. The Balaban J connectivity index is 2.52. The number of sulfonamides is 1. The van der Waals surface area contributed by atoms with Gasteiger partial charge in [0.2, 0.25) is 5.95 Å². The van der Waals surface area contributed by atoms with Crippen LogP contribution in [-0.2, 0) is 10.0 Å². The van der Waals surface area contributed by atoms with Gasteiger partial charge >= 0.3 is 0 Å². The van der Waals surface area contributed by atoms with Gasteiger partial charge in [-0.2, -0.15) is 4.39 Å². The Morgan fingerprint density at radius 2 is 1.86 bits per heavy atom. The number of nitrogen functional groups attached to an aromatic ring is 1. The average molecular weight is 309 g/mol. The maximum absolute atomic E-state index is 12.8. The van der Waals surface area contributed by atoms with Crippen LogP contribution < -0.4 is 10.5 Å². The summed E-state index contributed by atoms with van der Waals surface area (Å²) in [5.41, 5.74) is 8.35. The lowest BCUT2D eigenvalue weighted by atomic mass is 10.1. The van der Waals surface area contributed by atoms with E-state index in [1.165, 1.54) is 6.07 Å². The van der Waals surface area contributed by atoms with Crippen LogP contribution in [0.25, 0.3) is 0 Å². The Kier molecular flexibility index (Phi) is 3.87. The summed E-state index contributed by atoms with van der Waals surface area (Å²) in [5, 5.41) is 0. The number of rotatable bonds is 3. The van der Waals surface area contributed by atoms with Crippen LogP contribution in [-0.4, -0.2) is 13.4 Å². The molecule has 2 aromatic rings. The first kappa shape index (κ1) is 15.2. The van der Waals surface area contributed by atoms with Gasteiger partial charge in [-0.1, -0.05) is 0 Å². The van der Waals surface area contributed by atoms with E-state index in [1.807, 2.05) is 0 Å². The molecule has 1 heterocycles. The molecule has 0 saturated carbocycles. The van der Waals surface area contributed by atoms with Crippen LogP contribution in [0.15, 0.2) is 29.3 Å². The highest BCUT2D eigenvalue weighted by molar-refractivity contribution is 7.92. The van der Waals surface area contributed by atoms with Crippen molar-refractivity contribution in [3.8, 4) is 0 Å². The summed E-state index contributed by atoms with van der Waals surface area (Å²) in [7, 11) is -3.82. The van der Waals surface area contributed by atoms with Crippen LogP contribution >= 0.6 is 0 Å². The van der Waals surface area contributed by atoms with E-state index in [-0.39, 0.29) is 10.6 Å². The highest BCUT2D eigenvalue weighted by Crippen LogP contribution is 2.29. The molecular weight excluding hydrogens is 293 g/mol. The fraction of sp³-hybridized carbons (Fsp3) is 0.214. The van der Waals surface area contributed by atoms with E-state index in [0.717, 1.165) is 17.8 Å². The predicted octanol–water partition coefficient (Wildman–Crippen LogP) is 2.53. The SMILES string of the molecule is Cc1cc(N)c(C)c(S(=O)(=O)Nc2ccc(F)nc2)c1C. The Morgan fingerprint density at radius 1 is 1.19 bits per heavy atom. The second-order valence-corrected chi connectivity index (χ2v) is 6.46. The summed E-state index contributed by atoms with van der Waals surface area (Å²) in [6.07, 6.45) is 1.12. The van der Waals surface area contributed by atoms with Crippen LogP contribution in [0.2, 0.25) is 0 Å². The second kappa shape index (κ2) is 5.33. The summed E-state index contributed by atoms with van der Waals surface area (Å²) in [4.78, 5) is 3.56. The fourth-order valence-corrected chi connectivity index (χ4v) is 3.70. The Morgan fingerprint density at radius 3 is 2.43 bits per heavy atom. The lowest BCUT2D eigenvalue weighted by molar-refractivity contribution is 0.583. The van der Waals surface area contributed by atoms with Gasteiger partial charge in [-0.05, 0) is 55.7 Å². The molecule has 112 valence electrons. The van der Waals surface area contributed by atoms with Crippen molar-refractivity contribution < 1.29 is 12.8 Å². The molecule has 0 saturated heterocycles. The van der Waals surface area contributed by atoms with Gasteiger partial charge in [0.25, 0.3) is 10.0 Å². The maximum Gasteiger partial charge on any atom is 0.262 e. The molecule has 0 aliphatic heterocycles. The largest absolute Gasteiger partial charge is 0.398 e. The number of nitrogens with one attached hydrogen (secondary N) is 1. The normalized spacial score (nSPS) is 11.4. The number of nitrogens with two attached hydrogens (primary N) is 1. The monoisotopic (exact) mass is 309 g/mol. The number of nitrogens with zero attached hydrogens (tertiary/aromatic N) is 1. The summed E-state index contributed by atoms with van der Waals surface area (Å²) >= 11 is 0. The summed E-state index contributed by atoms with van der Waals surface area (Å²) in [6, 6.07) is 4.13. The summed E-state index contributed by atoms with van der Waals surface area (Å²) in [6.45, 7) is 5.17. The Bertz CT molecular complexity index is 761. The predicted molar refractivity (Wildman–Crippen MR) is 80.1 cm³/mol. The Labute approximate surface area is 123 Å². The molecule has 5 nitrogen and oxygen atoms in total. The van der Waals surface area contributed by atoms with Crippen molar-refractivity contribution in [3.63, 3.8) is 0 Å². The zero-order valence-electron chi connectivity index (χ0n) is 11.9. The fourth-order valence-electron chi connectivity index (χ4n) is 2.09. The van der Waals surface area contributed by atoms with Crippen LogP contribution in [0.1, 0.15) is 16.7 Å². The lowest BCUT2D eigenvalue weighted by Gasteiger charge is -2.16. The van der Waals surface area contributed by atoms with E-state index >= 15 is 0 Å². The molecular formula is C14H16FN3O2S. The van der Waals surface area contributed by atoms with Crippen molar-refractivity contribution >= 4 is 21.4 Å². The van der Waals surface area contributed by atoms with Gasteiger partial charge in [-0.25, -0.2) is 13.4 Å². The highest BCUT2D eigenvalue weighted by atomic mass is 32.2. The molecule has 0 aliphatic rings. The first-order chi connectivity index (χ1) is 9.72. The summed E-state index contributed by atoms with van der Waals surface area (Å²) in [5.74, 6) is -0.676. The van der Waals surface area contributed by atoms with Gasteiger partial charge in [0.15, 0.2) is 0 Å². The number of halogens is 1. The summed E-state index contributed by atoms with van der Waals surface area (Å²) < 4.78 is 40.2. The quantitative estimate of drug-likeness (QED) is 0.674. The number of anilines is 2. The van der Waals surface area contributed by atoms with Crippen molar-refractivity contribution in [1.82, 2.24) is 4.98 Å². The number of benzene rings is 1. The molecule has 0 fully saturated rings. The molecule has 21 heavy (non-hydrogen) atoms. The number of pyridine rings is 1. The second-order valence-electron chi connectivity index (χ2n) is 4.84. The van der Waals surface area contributed by atoms with Gasteiger partial charge in [-0.3, -0.25) is 4.72 Å². The Hall–Kier alpha value is -2.15. The first-order valence-electron chi connectivity index (χ1n) is 6.23. The zero-order chi connectivity index (χ0) is 15.8. The van der Waals surface area contributed by atoms with Gasteiger partial charge < -0.3 is 5.73 Å². The first-order valence-corrected chi connectivity index (χ1v) is 7.71. The molecule has 0 spiro atoms. The molecule has 0 amide bonds. The molecule has 0 bridgehead atoms. The van der Waals surface area contributed by atoms with E-state index < -0.39 is 16.0 Å². The molecule has 2 rings (SSSR count). The molecule has 1 aromatic carbocycles. The highest BCUT2D eigenvalue weighted by Gasteiger charge is 2.22. The molecule has 1 aromatic heterocycles. The third-order valence-electron chi connectivity index (χ3n) is 3.33. The third-order valence-corrected chi connectivity index (χ3v) is 4.98. The smallest absolute Gasteiger partial charge is 0.262 e. The molecule has 0 aliphatic carbocycles. The number of hydrogen-bond donors (Lipinski definition) is 2. The number of hydrogen-bond acceptors (Lipinski definition) is 4. The van der Waals surface area contributed by atoms with Gasteiger partial charge in [0, 0.05) is 5.69 Å². The van der Waals surface area contributed by atoms with Gasteiger partial charge in [0.1, 0.15) is 0 Å². The van der Waals surface area contributed by atoms with E-state index in [2.05, 4.69) is 9.71 Å². The van der Waals surface area contributed by atoms with Crippen LogP contribution in [0.5, 0.6) is 0 Å². The van der Waals surface area contributed by atoms with Crippen LogP contribution in [0.4, 0.5) is 15.8 Å². The van der Waals surface area contributed by atoms with Crippen molar-refractivity contribution in [2.24, 2.45) is 0 Å². The van der Waals surface area contributed by atoms with E-state index in [9.17, 15) is 12.8 Å². The van der Waals surface area contributed by atoms with Crippen molar-refractivity contribution in [3.05, 3.63) is 47.0 Å². The van der Waals surface area contributed by atoms with Crippen LogP contribution in [0, 0.1) is 26.7 Å². The van der Waals surface area contributed by atoms with E-state index in [4.69, 9.17) is 5.73 Å². The minimum Gasteiger partial charge on any atom is -0.398 e. The molecule has 0 radical (unpaired) electrons. The zero-order valence-corrected chi connectivity index (χ0v) is 12.8. The van der Waals surface area contributed by atoms with Gasteiger partial charge in [-0.15, -0.1) is 0 Å². The molecule has 3 N–H and O–H groups in total. The van der Waals surface area contributed by atoms with Crippen molar-refractivity contribution in [1.29, 1.82) is 0 Å². The maximum atomic E-state index is 12.8. The minimum absolute atomic E-state index is 0.143.